The first-order chi connectivity index (χ1) is 12.0. The maximum Gasteiger partial charge on any atom is 0.263 e. The number of hydrogen-bond acceptors (Lipinski definition) is 3. The van der Waals surface area contributed by atoms with Crippen LogP contribution in [0.4, 0.5) is 5.69 Å². The zero-order chi connectivity index (χ0) is 18.0. The summed E-state index contributed by atoms with van der Waals surface area (Å²) in [6.07, 6.45) is -0.787. The van der Waals surface area contributed by atoms with E-state index in [0.29, 0.717) is 21.5 Å². The van der Waals surface area contributed by atoms with Crippen LogP contribution in [0.3, 0.4) is 0 Å². The second-order valence-electron chi connectivity index (χ2n) is 5.66. The molecule has 0 saturated carbocycles. The minimum atomic E-state index is -0.787. The van der Waals surface area contributed by atoms with Crippen LogP contribution in [0.15, 0.2) is 42.5 Å². The number of benzene rings is 2. The van der Waals surface area contributed by atoms with Crippen LogP contribution in [0.25, 0.3) is 0 Å². The monoisotopic (exact) mass is 378 g/mol. The zero-order valence-corrected chi connectivity index (χ0v) is 15.0. The first-order valence-electron chi connectivity index (χ1n) is 7.71. The highest BCUT2D eigenvalue weighted by Crippen LogP contribution is 2.33. The van der Waals surface area contributed by atoms with Gasteiger partial charge < -0.3 is 15.0 Å². The van der Waals surface area contributed by atoms with Gasteiger partial charge in [0.2, 0.25) is 5.91 Å². The van der Waals surface area contributed by atoms with Crippen molar-refractivity contribution >= 4 is 40.7 Å². The van der Waals surface area contributed by atoms with Crippen molar-refractivity contribution in [3.8, 4) is 5.75 Å². The minimum Gasteiger partial charge on any atom is -0.477 e. The Bertz CT molecular complexity index is 826. The van der Waals surface area contributed by atoms with Crippen molar-refractivity contribution in [2.45, 2.75) is 19.6 Å². The van der Waals surface area contributed by atoms with E-state index in [1.54, 1.807) is 41.3 Å². The molecule has 0 spiro atoms. The molecule has 2 amide bonds. The summed E-state index contributed by atoms with van der Waals surface area (Å²) in [5, 5.41) is 3.80. The molecular weight excluding hydrogens is 363 g/mol. The smallest absolute Gasteiger partial charge is 0.263 e. The van der Waals surface area contributed by atoms with Gasteiger partial charge in [-0.2, -0.15) is 0 Å². The fourth-order valence-corrected chi connectivity index (χ4v) is 3.11. The van der Waals surface area contributed by atoms with Gasteiger partial charge in [0.05, 0.1) is 12.2 Å². The van der Waals surface area contributed by atoms with E-state index in [0.717, 1.165) is 5.56 Å². The Hall–Kier alpha value is -2.24. The Morgan fingerprint density at radius 1 is 1.24 bits per heavy atom. The largest absolute Gasteiger partial charge is 0.477 e. The van der Waals surface area contributed by atoms with E-state index in [4.69, 9.17) is 27.9 Å². The van der Waals surface area contributed by atoms with Gasteiger partial charge in [0, 0.05) is 23.5 Å². The molecule has 0 bridgehead atoms. The average Bonchev–Trinajstić information content (AvgIpc) is 2.59. The molecule has 1 atom stereocenters. The van der Waals surface area contributed by atoms with E-state index in [9.17, 15) is 9.59 Å². The number of nitrogens with zero attached hydrogens (tertiary/aromatic N) is 1. The highest BCUT2D eigenvalue weighted by molar-refractivity contribution is 6.35. The lowest BCUT2D eigenvalue weighted by Gasteiger charge is -2.33. The SMILES string of the molecule is CC(=O)N1C[C@@H](C(=O)NCc2ccc(Cl)cc2Cl)Oc2ccccc21. The third kappa shape index (κ3) is 3.89. The number of amides is 2. The summed E-state index contributed by atoms with van der Waals surface area (Å²) in [7, 11) is 0. The standard InChI is InChI=1S/C18H16Cl2N2O3/c1-11(23)22-10-17(25-16-5-3-2-4-15(16)22)18(24)21-9-12-6-7-13(19)8-14(12)20/h2-8,17H,9-10H2,1H3,(H,21,24)/t17-/m0/s1. The second kappa shape index (κ2) is 7.33. The Kier molecular flexibility index (Phi) is 5.16. The average molecular weight is 379 g/mol. The predicted molar refractivity (Wildman–Crippen MR) is 97.2 cm³/mol. The molecule has 0 aliphatic carbocycles. The van der Waals surface area contributed by atoms with E-state index in [2.05, 4.69) is 5.32 Å². The summed E-state index contributed by atoms with van der Waals surface area (Å²) in [6.45, 7) is 1.87. The van der Waals surface area contributed by atoms with Gasteiger partial charge in [-0.1, -0.05) is 41.4 Å². The van der Waals surface area contributed by atoms with E-state index < -0.39 is 6.10 Å². The number of nitrogens with one attached hydrogen (secondary N) is 1. The molecule has 2 aromatic rings. The maximum absolute atomic E-state index is 12.5. The van der Waals surface area contributed by atoms with Crippen LogP contribution >= 0.6 is 23.2 Å². The number of carbonyl (C=O) groups is 2. The fraction of sp³-hybridized carbons (Fsp3) is 0.222. The summed E-state index contributed by atoms with van der Waals surface area (Å²) in [5.41, 5.74) is 1.42. The summed E-state index contributed by atoms with van der Waals surface area (Å²) in [6, 6.07) is 12.2. The number of fused-ring (bicyclic) bond motifs is 1. The van der Waals surface area contributed by atoms with E-state index >= 15 is 0 Å². The van der Waals surface area contributed by atoms with Gasteiger partial charge in [-0.15, -0.1) is 0 Å². The highest BCUT2D eigenvalue weighted by atomic mass is 35.5. The predicted octanol–water partition coefficient (Wildman–Crippen LogP) is 3.42. The molecule has 0 fully saturated rings. The molecule has 0 unspecified atom stereocenters. The number of halogens is 2. The van der Waals surface area contributed by atoms with Gasteiger partial charge in [-0.05, 0) is 29.8 Å². The van der Waals surface area contributed by atoms with Crippen molar-refractivity contribution in [3.05, 3.63) is 58.1 Å². The topological polar surface area (TPSA) is 58.6 Å². The molecule has 1 heterocycles. The molecule has 130 valence electrons. The Morgan fingerprint density at radius 2 is 2.00 bits per heavy atom. The lowest BCUT2D eigenvalue weighted by atomic mass is 10.1. The number of carbonyl (C=O) groups excluding carboxylic acids is 2. The van der Waals surface area contributed by atoms with E-state index in [1.165, 1.54) is 6.92 Å². The minimum absolute atomic E-state index is 0.144. The number of anilines is 1. The molecule has 0 saturated heterocycles. The van der Waals surface area contributed by atoms with Crippen molar-refractivity contribution in [3.63, 3.8) is 0 Å². The number of ether oxygens (including phenoxy) is 1. The molecule has 7 heteroatoms. The molecule has 5 nitrogen and oxygen atoms in total. The second-order valence-corrected chi connectivity index (χ2v) is 6.50. The van der Waals surface area contributed by atoms with Crippen LogP contribution in [0.5, 0.6) is 5.75 Å². The number of hydrogen-bond donors (Lipinski definition) is 1. The van der Waals surface area contributed by atoms with Gasteiger partial charge in [0.1, 0.15) is 5.75 Å². The van der Waals surface area contributed by atoms with Gasteiger partial charge in [-0.3, -0.25) is 9.59 Å². The van der Waals surface area contributed by atoms with Crippen molar-refractivity contribution in [2.75, 3.05) is 11.4 Å². The van der Waals surface area contributed by atoms with Crippen molar-refractivity contribution < 1.29 is 14.3 Å². The molecule has 2 aromatic carbocycles. The normalized spacial score (nSPS) is 16.0. The molecule has 1 aliphatic rings. The summed E-state index contributed by atoms with van der Waals surface area (Å²) >= 11 is 12.0. The van der Waals surface area contributed by atoms with Crippen LogP contribution in [-0.2, 0) is 16.1 Å². The molecule has 1 aliphatic heterocycles. The zero-order valence-electron chi connectivity index (χ0n) is 13.5. The van der Waals surface area contributed by atoms with E-state index in [-0.39, 0.29) is 24.9 Å². The van der Waals surface area contributed by atoms with Crippen LogP contribution in [0.2, 0.25) is 10.0 Å². The molecule has 0 radical (unpaired) electrons. The lowest BCUT2D eigenvalue weighted by molar-refractivity contribution is -0.128. The molecular formula is C18H16Cl2N2O3. The summed E-state index contributed by atoms with van der Waals surface area (Å²) in [5.74, 6) is 0.0506. The van der Waals surface area contributed by atoms with Crippen LogP contribution in [-0.4, -0.2) is 24.5 Å². The summed E-state index contributed by atoms with van der Waals surface area (Å²) < 4.78 is 5.75. The van der Waals surface area contributed by atoms with Crippen molar-refractivity contribution in [1.29, 1.82) is 0 Å². The van der Waals surface area contributed by atoms with Crippen molar-refractivity contribution in [2.24, 2.45) is 0 Å². The van der Waals surface area contributed by atoms with Crippen molar-refractivity contribution in [1.82, 2.24) is 5.32 Å². The number of para-hydroxylation sites is 2. The fourth-order valence-electron chi connectivity index (χ4n) is 2.63. The van der Waals surface area contributed by atoms with Gasteiger partial charge >= 0.3 is 0 Å². The van der Waals surface area contributed by atoms with Crippen LogP contribution in [0, 0.1) is 0 Å². The molecule has 0 aromatic heterocycles. The third-order valence-corrected chi connectivity index (χ3v) is 4.50. The Morgan fingerprint density at radius 3 is 2.72 bits per heavy atom. The third-order valence-electron chi connectivity index (χ3n) is 3.91. The van der Waals surface area contributed by atoms with Crippen LogP contribution < -0.4 is 15.0 Å². The molecule has 1 N–H and O–H groups in total. The molecule has 3 rings (SSSR count). The first kappa shape index (κ1) is 17.6. The van der Waals surface area contributed by atoms with Gasteiger partial charge in [0.25, 0.3) is 5.91 Å². The first-order valence-corrected chi connectivity index (χ1v) is 8.46. The Balaban J connectivity index is 1.71. The quantitative estimate of drug-likeness (QED) is 0.889. The van der Waals surface area contributed by atoms with Gasteiger partial charge in [0.15, 0.2) is 6.10 Å². The maximum atomic E-state index is 12.5. The highest BCUT2D eigenvalue weighted by Gasteiger charge is 2.32. The van der Waals surface area contributed by atoms with E-state index in [1.807, 2.05) is 6.07 Å². The van der Waals surface area contributed by atoms with Gasteiger partial charge in [-0.25, -0.2) is 0 Å². The molecule has 25 heavy (non-hydrogen) atoms. The Labute approximate surface area is 155 Å². The lowest BCUT2D eigenvalue weighted by Crippen LogP contribution is -2.50. The van der Waals surface area contributed by atoms with Crippen LogP contribution in [0.1, 0.15) is 12.5 Å². The number of rotatable bonds is 3. The summed E-state index contributed by atoms with van der Waals surface area (Å²) in [4.78, 5) is 25.9.